The van der Waals surface area contributed by atoms with Crippen LogP contribution in [0.15, 0.2) is 237 Å². The van der Waals surface area contributed by atoms with Crippen molar-refractivity contribution in [2.24, 2.45) is 0 Å². The summed E-state index contributed by atoms with van der Waals surface area (Å²) in [6.45, 7) is 0. The van der Waals surface area contributed by atoms with Crippen LogP contribution in [0, 0.1) is 0 Å². The maximum atomic E-state index is 6.65. The lowest BCUT2D eigenvalue weighted by Gasteiger charge is -2.37. The second kappa shape index (κ2) is 13.7. The van der Waals surface area contributed by atoms with E-state index >= 15 is 0 Å². The molecule has 0 aromatic heterocycles. The van der Waals surface area contributed by atoms with Gasteiger partial charge in [0.1, 0.15) is 11.5 Å². The largest absolute Gasteiger partial charge is 0.456 e. The summed E-state index contributed by atoms with van der Waals surface area (Å²) in [5.74, 6) is 1.71. The van der Waals surface area contributed by atoms with E-state index < -0.39 is 5.41 Å². The van der Waals surface area contributed by atoms with E-state index in [9.17, 15) is 0 Å². The molecular weight excluding hydrogens is 811 g/mol. The van der Waals surface area contributed by atoms with E-state index in [-0.39, 0.29) is 0 Å². The van der Waals surface area contributed by atoms with Gasteiger partial charge in [-0.05, 0) is 154 Å². The highest BCUT2D eigenvalue weighted by molar-refractivity contribution is 6.27. The predicted molar refractivity (Wildman–Crippen MR) is 278 cm³/mol. The average Bonchev–Trinajstić information content (AvgIpc) is 3.53. The van der Waals surface area contributed by atoms with Crippen LogP contribution in [0.4, 0.5) is 17.1 Å². The Kier molecular flexibility index (Phi) is 7.46. The van der Waals surface area contributed by atoms with Crippen LogP contribution in [-0.4, -0.2) is 0 Å². The van der Waals surface area contributed by atoms with Crippen molar-refractivity contribution in [3.8, 4) is 67.1 Å². The molecular formula is C65H39NO. The van der Waals surface area contributed by atoms with Crippen molar-refractivity contribution in [1.29, 1.82) is 0 Å². The second-order valence-electron chi connectivity index (χ2n) is 18.3. The van der Waals surface area contributed by atoms with Crippen LogP contribution in [-0.2, 0) is 5.41 Å². The molecule has 12 aromatic carbocycles. The third-order valence-corrected chi connectivity index (χ3v) is 15.0. The van der Waals surface area contributed by atoms with E-state index in [0.717, 1.165) is 50.8 Å². The number of hydrogen-bond donors (Lipinski definition) is 0. The number of rotatable bonds is 3. The molecule has 0 fully saturated rings. The fourth-order valence-corrected chi connectivity index (χ4v) is 12.3. The monoisotopic (exact) mass is 849 g/mol. The van der Waals surface area contributed by atoms with Crippen LogP contribution in [0.2, 0.25) is 0 Å². The molecule has 12 aromatic rings. The molecule has 2 aliphatic carbocycles. The van der Waals surface area contributed by atoms with Gasteiger partial charge in [0.05, 0.1) is 5.41 Å². The smallest absolute Gasteiger partial charge is 0.135 e. The molecule has 1 spiro atoms. The summed E-state index contributed by atoms with van der Waals surface area (Å²) in [5.41, 5.74) is 19.8. The standard InChI is InChI=1S/C65H39NO/c1-2-17-43(18-3-1)66(44-32-35-48-51-22-8-12-27-60(51)67-61-28-13-9-23-52(61)55(48)38-44)45-33-36-50-47-20-5-4-19-46(47)49-21-6-10-25-56(49)65(58(50)39-45)57-26-11-7-24-53(57)64-54-34-31-41-16-14-15-40-29-30-42(37-59(64)65)63(54)62(40)41/h1-39H. The molecule has 0 saturated heterocycles. The molecule has 0 saturated carbocycles. The first kappa shape index (κ1) is 36.6. The predicted octanol–water partition coefficient (Wildman–Crippen LogP) is 17.5. The molecule has 67 heavy (non-hydrogen) atoms. The highest BCUT2D eigenvalue weighted by atomic mass is 16.5. The van der Waals surface area contributed by atoms with Crippen molar-refractivity contribution >= 4 is 49.4 Å². The van der Waals surface area contributed by atoms with E-state index in [4.69, 9.17) is 4.74 Å². The number of anilines is 3. The molecule has 15 rings (SSSR count). The molecule has 310 valence electrons. The summed E-state index contributed by atoms with van der Waals surface area (Å²) in [5, 5.41) is 7.81. The molecule has 1 heterocycles. The van der Waals surface area contributed by atoms with E-state index in [2.05, 4.69) is 235 Å². The molecule has 1 aliphatic heterocycles. The Bertz CT molecular complexity index is 4020. The fourth-order valence-electron chi connectivity index (χ4n) is 12.3. The summed E-state index contributed by atoms with van der Waals surface area (Å²) >= 11 is 0. The molecule has 0 amide bonds. The zero-order valence-corrected chi connectivity index (χ0v) is 36.4. The molecule has 0 N–H and O–H groups in total. The minimum atomic E-state index is -0.673. The minimum absolute atomic E-state index is 0.673. The van der Waals surface area contributed by atoms with Crippen molar-refractivity contribution in [2.75, 3.05) is 4.90 Å². The Morgan fingerprint density at radius 1 is 0.284 bits per heavy atom. The molecule has 0 radical (unpaired) electrons. The Hall–Kier alpha value is -8.72. The van der Waals surface area contributed by atoms with Crippen molar-refractivity contribution in [3.63, 3.8) is 0 Å². The van der Waals surface area contributed by atoms with Crippen LogP contribution in [0.3, 0.4) is 0 Å². The van der Waals surface area contributed by atoms with Gasteiger partial charge < -0.3 is 9.64 Å². The lowest BCUT2D eigenvalue weighted by molar-refractivity contribution is 0.488. The highest BCUT2D eigenvalue weighted by Crippen LogP contribution is 2.64. The number of nitrogens with zero attached hydrogens (tertiary/aromatic N) is 1. The molecule has 3 aliphatic rings. The highest BCUT2D eigenvalue weighted by Gasteiger charge is 2.50. The van der Waals surface area contributed by atoms with Gasteiger partial charge >= 0.3 is 0 Å². The number of ether oxygens (including phenoxy) is 1. The Balaban J connectivity index is 1.06. The van der Waals surface area contributed by atoms with Gasteiger partial charge in [0.15, 0.2) is 0 Å². The topological polar surface area (TPSA) is 12.5 Å². The van der Waals surface area contributed by atoms with Crippen molar-refractivity contribution in [1.82, 2.24) is 0 Å². The van der Waals surface area contributed by atoms with E-state index in [1.54, 1.807) is 0 Å². The second-order valence-corrected chi connectivity index (χ2v) is 18.3. The van der Waals surface area contributed by atoms with Crippen LogP contribution < -0.4 is 9.64 Å². The Labute approximate surface area is 388 Å². The summed E-state index contributed by atoms with van der Waals surface area (Å²) in [6.07, 6.45) is 0. The molecule has 1 unspecified atom stereocenters. The number of para-hydroxylation sites is 3. The third-order valence-electron chi connectivity index (χ3n) is 15.0. The third kappa shape index (κ3) is 4.94. The van der Waals surface area contributed by atoms with Crippen molar-refractivity contribution in [3.05, 3.63) is 259 Å². The van der Waals surface area contributed by atoms with E-state index in [1.165, 1.54) is 88.0 Å². The van der Waals surface area contributed by atoms with Gasteiger partial charge in [0.25, 0.3) is 0 Å². The first-order valence-corrected chi connectivity index (χ1v) is 23.2. The summed E-state index contributed by atoms with van der Waals surface area (Å²) in [7, 11) is 0. The summed E-state index contributed by atoms with van der Waals surface area (Å²) < 4.78 is 6.65. The van der Waals surface area contributed by atoms with E-state index in [0.29, 0.717) is 0 Å². The van der Waals surface area contributed by atoms with Gasteiger partial charge in [0, 0.05) is 28.2 Å². The minimum Gasteiger partial charge on any atom is -0.456 e. The van der Waals surface area contributed by atoms with Crippen molar-refractivity contribution < 1.29 is 4.74 Å². The van der Waals surface area contributed by atoms with Crippen LogP contribution in [0.25, 0.3) is 88.0 Å². The normalized spacial score (nSPS) is 14.7. The number of hydrogen-bond acceptors (Lipinski definition) is 2. The van der Waals surface area contributed by atoms with Crippen molar-refractivity contribution in [2.45, 2.75) is 5.41 Å². The van der Waals surface area contributed by atoms with Crippen LogP contribution in [0.1, 0.15) is 22.3 Å². The maximum absolute atomic E-state index is 6.65. The quantitative estimate of drug-likeness (QED) is 0.164. The number of benzene rings is 12. The first-order chi connectivity index (χ1) is 33.2. The molecule has 1 atom stereocenters. The van der Waals surface area contributed by atoms with Crippen LogP contribution in [0.5, 0.6) is 11.5 Å². The lowest BCUT2D eigenvalue weighted by atomic mass is 9.65. The SMILES string of the molecule is c1ccc(N(c2ccc3c(c2)-c2ccccc2Oc2ccccc2-3)c2ccc3c(c2)C2(c4ccccc4-c4ccccc4-3)c3ccccc3-c3c2cc2ccc4cccc5ccc3c2c45)cc1. The zero-order chi connectivity index (χ0) is 43.8. The summed E-state index contributed by atoms with van der Waals surface area (Å²) in [4.78, 5) is 2.44. The lowest BCUT2D eigenvalue weighted by Crippen LogP contribution is -2.29. The summed E-state index contributed by atoms with van der Waals surface area (Å²) in [6, 6.07) is 88.0. The van der Waals surface area contributed by atoms with E-state index in [1.807, 2.05) is 6.07 Å². The molecule has 2 heteroatoms. The first-order valence-electron chi connectivity index (χ1n) is 23.2. The van der Waals surface area contributed by atoms with Gasteiger partial charge in [-0.1, -0.05) is 182 Å². The van der Waals surface area contributed by atoms with Gasteiger partial charge in [-0.25, -0.2) is 0 Å². The molecule has 0 bridgehead atoms. The Morgan fingerprint density at radius 3 is 1.54 bits per heavy atom. The molecule has 2 nitrogen and oxygen atoms in total. The number of fused-ring (bicyclic) bond motifs is 18. The van der Waals surface area contributed by atoms with Crippen LogP contribution >= 0.6 is 0 Å². The maximum Gasteiger partial charge on any atom is 0.135 e. The Morgan fingerprint density at radius 2 is 0.806 bits per heavy atom. The van der Waals surface area contributed by atoms with Gasteiger partial charge in [0.2, 0.25) is 0 Å². The zero-order valence-electron chi connectivity index (χ0n) is 36.4. The van der Waals surface area contributed by atoms with Gasteiger partial charge in [-0.15, -0.1) is 0 Å². The van der Waals surface area contributed by atoms with Gasteiger partial charge in [-0.3, -0.25) is 0 Å². The van der Waals surface area contributed by atoms with Gasteiger partial charge in [-0.2, -0.15) is 0 Å². The fraction of sp³-hybridized carbons (Fsp3) is 0.0154. The average molecular weight is 850 g/mol.